The molecule has 1 atom stereocenters. The van der Waals surface area contributed by atoms with Gasteiger partial charge in [0.2, 0.25) is 0 Å². The van der Waals surface area contributed by atoms with E-state index in [9.17, 15) is 9.59 Å². The molecule has 108 valence electrons. The van der Waals surface area contributed by atoms with Gasteiger partial charge in [-0.3, -0.25) is 9.59 Å². The van der Waals surface area contributed by atoms with Crippen molar-refractivity contribution in [2.24, 2.45) is 5.92 Å². The van der Waals surface area contributed by atoms with E-state index in [1.807, 2.05) is 0 Å². The number of pyridine rings is 1. The zero-order valence-corrected chi connectivity index (χ0v) is 12.3. The molecule has 0 spiro atoms. The predicted molar refractivity (Wildman–Crippen MR) is 74.6 cm³/mol. The van der Waals surface area contributed by atoms with Crippen molar-refractivity contribution >= 4 is 23.5 Å². The summed E-state index contributed by atoms with van der Waals surface area (Å²) >= 11 is 5.88. The van der Waals surface area contributed by atoms with Crippen LogP contribution in [0.2, 0.25) is 5.15 Å². The Morgan fingerprint density at radius 1 is 1.45 bits per heavy atom. The van der Waals surface area contributed by atoms with Crippen LogP contribution in [0.4, 0.5) is 0 Å². The molecule has 0 aliphatic carbocycles. The Morgan fingerprint density at radius 2 is 2.20 bits per heavy atom. The number of methoxy groups -OCH3 is 1. The number of piperidine rings is 1. The number of likely N-dealkylation sites (tertiary alicyclic amines) is 1. The third-order valence-corrected chi connectivity index (χ3v) is 3.61. The Kier molecular flexibility index (Phi) is 4.60. The number of rotatable bonds is 2. The molecule has 0 saturated carbocycles. The molecule has 6 heteroatoms. The van der Waals surface area contributed by atoms with Gasteiger partial charge in [-0.05, 0) is 31.9 Å². The number of ether oxygens (including phenoxy) is 1. The zero-order chi connectivity index (χ0) is 14.7. The van der Waals surface area contributed by atoms with Gasteiger partial charge in [-0.25, -0.2) is 4.98 Å². The largest absolute Gasteiger partial charge is 0.469 e. The molecule has 0 bridgehead atoms. The molecular formula is C14H17ClN2O3. The third-order valence-electron chi connectivity index (χ3n) is 3.41. The molecular weight excluding hydrogens is 280 g/mol. The number of aromatic nitrogens is 1. The predicted octanol–water partition coefficient (Wildman–Crippen LogP) is 2.07. The van der Waals surface area contributed by atoms with E-state index in [4.69, 9.17) is 16.3 Å². The number of hydrogen-bond acceptors (Lipinski definition) is 4. The van der Waals surface area contributed by atoms with Gasteiger partial charge in [0.1, 0.15) is 5.15 Å². The van der Waals surface area contributed by atoms with E-state index >= 15 is 0 Å². The van der Waals surface area contributed by atoms with Gasteiger partial charge in [0, 0.05) is 24.3 Å². The van der Waals surface area contributed by atoms with E-state index in [1.54, 1.807) is 24.0 Å². The van der Waals surface area contributed by atoms with Crippen LogP contribution in [0.5, 0.6) is 0 Å². The number of nitrogens with zero attached hydrogens (tertiary/aromatic N) is 2. The van der Waals surface area contributed by atoms with Gasteiger partial charge in [-0.1, -0.05) is 11.6 Å². The van der Waals surface area contributed by atoms with Crippen LogP contribution in [-0.4, -0.2) is 42.0 Å². The number of amides is 1. The van der Waals surface area contributed by atoms with Gasteiger partial charge < -0.3 is 9.64 Å². The van der Waals surface area contributed by atoms with Crippen molar-refractivity contribution in [3.8, 4) is 0 Å². The lowest BCUT2D eigenvalue weighted by atomic mass is 9.97. The maximum absolute atomic E-state index is 12.4. The van der Waals surface area contributed by atoms with Gasteiger partial charge in [-0.2, -0.15) is 0 Å². The maximum Gasteiger partial charge on any atom is 0.310 e. The molecule has 1 saturated heterocycles. The molecule has 1 aromatic heterocycles. The SMILES string of the molecule is COC(=O)C1CCCN(C(=O)c2cc(C)nc(Cl)c2)C1. The highest BCUT2D eigenvalue weighted by Crippen LogP contribution is 2.20. The highest BCUT2D eigenvalue weighted by atomic mass is 35.5. The van der Waals surface area contributed by atoms with Crippen LogP contribution in [0.1, 0.15) is 28.9 Å². The summed E-state index contributed by atoms with van der Waals surface area (Å²) in [5.41, 5.74) is 1.20. The topological polar surface area (TPSA) is 59.5 Å². The van der Waals surface area contributed by atoms with Crippen molar-refractivity contribution in [1.82, 2.24) is 9.88 Å². The quantitative estimate of drug-likeness (QED) is 0.619. The fourth-order valence-corrected chi connectivity index (χ4v) is 2.71. The van der Waals surface area contributed by atoms with Crippen LogP contribution >= 0.6 is 11.6 Å². The first-order valence-electron chi connectivity index (χ1n) is 6.52. The minimum absolute atomic E-state index is 0.119. The van der Waals surface area contributed by atoms with E-state index in [-0.39, 0.29) is 17.8 Å². The second kappa shape index (κ2) is 6.22. The van der Waals surface area contributed by atoms with Crippen LogP contribution < -0.4 is 0 Å². The third kappa shape index (κ3) is 3.28. The highest BCUT2D eigenvalue weighted by molar-refractivity contribution is 6.29. The molecule has 1 aliphatic rings. The average Bonchev–Trinajstić information content (AvgIpc) is 2.44. The van der Waals surface area contributed by atoms with E-state index in [2.05, 4.69) is 4.98 Å². The van der Waals surface area contributed by atoms with Crippen molar-refractivity contribution in [3.05, 3.63) is 28.5 Å². The number of esters is 1. The standard InChI is InChI=1S/C14H17ClN2O3/c1-9-6-11(7-12(15)16-9)13(18)17-5-3-4-10(8-17)14(19)20-2/h6-7,10H,3-5,8H2,1-2H3. The lowest BCUT2D eigenvalue weighted by Crippen LogP contribution is -2.42. The molecule has 1 aromatic rings. The van der Waals surface area contributed by atoms with Gasteiger partial charge in [-0.15, -0.1) is 0 Å². The molecule has 0 N–H and O–H groups in total. The normalized spacial score (nSPS) is 18.8. The van der Waals surface area contributed by atoms with Crippen molar-refractivity contribution < 1.29 is 14.3 Å². The summed E-state index contributed by atoms with van der Waals surface area (Å²) in [6.07, 6.45) is 1.55. The number of carbonyl (C=O) groups excluding carboxylic acids is 2. The second-order valence-corrected chi connectivity index (χ2v) is 5.32. The summed E-state index contributed by atoms with van der Waals surface area (Å²) in [5.74, 6) is -0.617. The monoisotopic (exact) mass is 296 g/mol. The lowest BCUT2D eigenvalue weighted by Gasteiger charge is -2.31. The van der Waals surface area contributed by atoms with Gasteiger partial charge in [0.05, 0.1) is 13.0 Å². The smallest absolute Gasteiger partial charge is 0.310 e. The number of halogens is 1. The first kappa shape index (κ1) is 14.8. The van der Waals surface area contributed by atoms with Gasteiger partial charge >= 0.3 is 5.97 Å². The summed E-state index contributed by atoms with van der Waals surface area (Å²) in [7, 11) is 1.37. The van der Waals surface area contributed by atoms with E-state index < -0.39 is 0 Å². The number of aryl methyl sites for hydroxylation is 1. The molecule has 2 heterocycles. The first-order valence-corrected chi connectivity index (χ1v) is 6.90. The molecule has 1 amide bonds. The van der Waals surface area contributed by atoms with Crippen LogP contribution in [0, 0.1) is 12.8 Å². The van der Waals surface area contributed by atoms with Crippen LogP contribution in [-0.2, 0) is 9.53 Å². The highest BCUT2D eigenvalue weighted by Gasteiger charge is 2.29. The van der Waals surface area contributed by atoms with Gasteiger partial charge in [0.15, 0.2) is 0 Å². The molecule has 1 unspecified atom stereocenters. The summed E-state index contributed by atoms with van der Waals surface area (Å²) in [6.45, 7) is 2.83. The molecule has 1 fully saturated rings. The van der Waals surface area contributed by atoms with Crippen LogP contribution in [0.15, 0.2) is 12.1 Å². The van der Waals surface area contributed by atoms with Crippen molar-refractivity contribution in [2.45, 2.75) is 19.8 Å². The minimum atomic E-state index is -0.258. The van der Waals surface area contributed by atoms with Crippen LogP contribution in [0.25, 0.3) is 0 Å². The zero-order valence-electron chi connectivity index (χ0n) is 11.6. The van der Waals surface area contributed by atoms with Crippen molar-refractivity contribution in [2.75, 3.05) is 20.2 Å². The Morgan fingerprint density at radius 3 is 2.85 bits per heavy atom. The fourth-order valence-electron chi connectivity index (χ4n) is 2.45. The average molecular weight is 297 g/mol. The molecule has 5 nitrogen and oxygen atoms in total. The Hall–Kier alpha value is -1.62. The lowest BCUT2D eigenvalue weighted by molar-refractivity contribution is -0.146. The van der Waals surface area contributed by atoms with Crippen molar-refractivity contribution in [1.29, 1.82) is 0 Å². The Labute approximate surface area is 122 Å². The Bertz CT molecular complexity index is 513. The first-order chi connectivity index (χ1) is 9.51. The Balaban J connectivity index is 2.14. The summed E-state index contributed by atoms with van der Waals surface area (Å²) in [6, 6.07) is 3.26. The number of carbonyl (C=O) groups is 2. The van der Waals surface area contributed by atoms with E-state index in [1.165, 1.54) is 7.11 Å². The fraction of sp³-hybridized carbons (Fsp3) is 0.500. The molecule has 2 rings (SSSR count). The molecule has 20 heavy (non-hydrogen) atoms. The summed E-state index contributed by atoms with van der Waals surface area (Å²) in [5, 5.41) is 0.301. The molecule has 0 aromatic carbocycles. The van der Waals surface area contributed by atoms with E-state index in [0.717, 1.165) is 12.8 Å². The van der Waals surface area contributed by atoms with E-state index in [0.29, 0.717) is 29.5 Å². The van der Waals surface area contributed by atoms with Gasteiger partial charge in [0.25, 0.3) is 5.91 Å². The molecule has 0 radical (unpaired) electrons. The molecule has 1 aliphatic heterocycles. The maximum atomic E-state index is 12.4. The van der Waals surface area contributed by atoms with Crippen molar-refractivity contribution in [3.63, 3.8) is 0 Å². The second-order valence-electron chi connectivity index (χ2n) is 4.93. The summed E-state index contributed by atoms with van der Waals surface area (Å²) < 4.78 is 4.75. The van der Waals surface area contributed by atoms with Crippen LogP contribution in [0.3, 0.4) is 0 Å². The number of hydrogen-bond donors (Lipinski definition) is 0. The minimum Gasteiger partial charge on any atom is -0.469 e. The summed E-state index contributed by atoms with van der Waals surface area (Å²) in [4.78, 5) is 29.8.